The van der Waals surface area contributed by atoms with Crippen LogP contribution in [-0.2, 0) is 4.79 Å². The minimum absolute atomic E-state index is 0.0836. The Morgan fingerprint density at radius 1 is 1.20 bits per heavy atom. The minimum atomic E-state index is -0.243. The molecule has 0 saturated carbocycles. The van der Waals surface area contributed by atoms with Crippen molar-refractivity contribution >= 4 is 11.8 Å². The summed E-state index contributed by atoms with van der Waals surface area (Å²) in [5.74, 6) is -0.199. The monoisotopic (exact) mass is 278 g/mol. The lowest BCUT2D eigenvalue weighted by Gasteiger charge is -2.19. The van der Waals surface area contributed by atoms with E-state index in [0.717, 1.165) is 0 Å². The second-order valence-electron chi connectivity index (χ2n) is 4.97. The van der Waals surface area contributed by atoms with Gasteiger partial charge in [0.25, 0.3) is 5.91 Å². The number of rotatable bonds is 7. The van der Waals surface area contributed by atoms with Crippen molar-refractivity contribution in [2.45, 2.75) is 26.3 Å². The van der Waals surface area contributed by atoms with Gasteiger partial charge < -0.3 is 15.7 Å². The molecule has 5 nitrogen and oxygen atoms in total. The lowest BCUT2D eigenvalue weighted by molar-refractivity contribution is -0.122. The highest BCUT2D eigenvalue weighted by Crippen LogP contribution is 2.01. The van der Waals surface area contributed by atoms with E-state index in [1.807, 2.05) is 19.9 Å². The van der Waals surface area contributed by atoms with Gasteiger partial charge in [-0.1, -0.05) is 32.0 Å². The number of aliphatic hydroxyl groups excluding tert-OH is 1. The molecule has 1 aromatic rings. The highest BCUT2D eigenvalue weighted by atomic mass is 16.3. The molecule has 110 valence electrons. The van der Waals surface area contributed by atoms with Gasteiger partial charge in [0.2, 0.25) is 5.91 Å². The Labute approximate surface area is 119 Å². The van der Waals surface area contributed by atoms with E-state index in [-0.39, 0.29) is 43.3 Å². The first-order chi connectivity index (χ1) is 9.54. The van der Waals surface area contributed by atoms with Gasteiger partial charge in [-0.2, -0.15) is 0 Å². The van der Waals surface area contributed by atoms with Crippen LogP contribution in [0.25, 0.3) is 0 Å². The van der Waals surface area contributed by atoms with E-state index in [1.165, 1.54) is 0 Å². The number of hydrogen-bond acceptors (Lipinski definition) is 3. The van der Waals surface area contributed by atoms with Gasteiger partial charge in [0.05, 0.1) is 12.6 Å². The molecule has 0 aliphatic heterocycles. The van der Waals surface area contributed by atoms with Crippen molar-refractivity contribution in [1.82, 2.24) is 10.6 Å². The van der Waals surface area contributed by atoms with E-state index in [0.29, 0.717) is 5.56 Å². The fourth-order valence-electron chi connectivity index (χ4n) is 1.68. The number of nitrogens with one attached hydrogen (secondary N) is 2. The third-order valence-corrected chi connectivity index (χ3v) is 3.02. The molecule has 0 fully saturated rings. The predicted molar refractivity (Wildman–Crippen MR) is 77.2 cm³/mol. The molecule has 0 bridgehead atoms. The molecule has 0 spiro atoms. The summed E-state index contributed by atoms with van der Waals surface area (Å²) in [7, 11) is 0. The molecule has 5 heteroatoms. The molecule has 0 heterocycles. The van der Waals surface area contributed by atoms with Crippen LogP contribution in [0.2, 0.25) is 0 Å². The van der Waals surface area contributed by atoms with Gasteiger partial charge in [0.1, 0.15) is 0 Å². The van der Waals surface area contributed by atoms with Crippen LogP contribution in [0.4, 0.5) is 0 Å². The number of aliphatic hydroxyl groups is 1. The zero-order chi connectivity index (χ0) is 15.0. The quantitative estimate of drug-likeness (QED) is 0.694. The Morgan fingerprint density at radius 2 is 1.85 bits per heavy atom. The first-order valence-electron chi connectivity index (χ1n) is 6.78. The van der Waals surface area contributed by atoms with Crippen molar-refractivity contribution in [2.24, 2.45) is 5.92 Å². The number of benzene rings is 1. The Kier molecular flexibility index (Phi) is 6.73. The van der Waals surface area contributed by atoms with Crippen LogP contribution in [0.15, 0.2) is 30.3 Å². The van der Waals surface area contributed by atoms with Crippen molar-refractivity contribution in [2.75, 3.05) is 13.2 Å². The van der Waals surface area contributed by atoms with Crippen molar-refractivity contribution < 1.29 is 14.7 Å². The van der Waals surface area contributed by atoms with Crippen LogP contribution in [0.1, 0.15) is 30.6 Å². The zero-order valence-corrected chi connectivity index (χ0v) is 11.9. The summed E-state index contributed by atoms with van der Waals surface area (Å²) in [6, 6.07) is 8.61. The number of carbonyl (C=O) groups is 2. The Morgan fingerprint density at radius 3 is 2.40 bits per heavy atom. The first-order valence-corrected chi connectivity index (χ1v) is 6.78. The maximum atomic E-state index is 11.7. The smallest absolute Gasteiger partial charge is 0.251 e. The zero-order valence-electron chi connectivity index (χ0n) is 11.9. The standard InChI is InChI=1S/C15H22N2O3/c1-11(2)13(10-18)17-14(19)8-9-16-15(20)12-6-4-3-5-7-12/h3-7,11,13,18H,8-10H2,1-2H3,(H,16,20)(H,17,19)/t13-/m1/s1. The van der Waals surface area contributed by atoms with Gasteiger partial charge in [0.15, 0.2) is 0 Å². The van der Waals surface area contributed by atoms with Crippen molar-refractivity contribution in [3.05, 3.63) is 35.9 Å². The maximum Gasteiger partial charge on any atom is 0.251 e. The first kappa shape index (κ1) is 16.2. The van der Waals surface area contributed by atoms with Crippen LogP contribution >= 0.6 is 0 Å². The Balaban J connectivity index is 2.30. The van der Waals surface area contributed by atoms with E-state index < -0.39 is 0 Å². The summed E-state index contributed by atoms with van der Waals surface area (Å²) >= 11 is 0. The minimum Gasteiger partial charge on any atom is -0.394 e. The van der Waals surface area contributed by atoms with Crippen molar-refractivity contribution in [3.8, 4) is 0 Å². The molecule has 0 aromatic heterocycles. The van der Waals surface area contributed by atoms with Crippen LogP contribution in [0.5, 0.6) is 0 Å². The van der Waals surface area contributed by atoms with E-state index in [2.05, 4.69) is 10.6 Å². The largest absolute Gasteiger partial charge is 0.394 e. The summed E-state index contributed by atoms with van der Waals surface area (Å²) in [6.45, 7) is 4.05. The molecule has 0 saturated heterocycles. The second kappa shape index (κ2) is 8.32. The van der Waals surface area contributed by atoms with Gasteiger partial charge in [-0.15, -0.1) is 0 Å². The normalized spacial score (nSPS) is 12.0. The van der Waals surface area contributed by atoms with E-state index in [1.54, 1.807) is 24.3 Å². The van der Waals surface area contributed by atoms with Crippen LogP contribution in [0.3, 0.4) is 0 Å². The van der Waals surface area contributed by atoms with Crippen molar-refractivity contribution in [3.63, 3.8) is 0 Å². The summed E-state index contributed by atoms with van der Waals surface area (Å²) in [6.07, 6.45) is 0.196. The van der Waals surface area contributed by atoms with Gasteiger partial charge in [-0.3, -0.25) is 9.59 Å². The van der Waals surface area contributed by atoms with Gasteiger partial charge in [-0.05, 0) is 18.1 Å². The molecule has 1 aromatic carbocycles. The van der Waals surface area contributed by atoms with Gasteiger partial charge in [0, 0.05) is 18.5 Å². The molecule has 1 atom stereocenters. The Hall–Kier alpha value is -1.88. The van der Waals surface area contributed by atoms with Crippen LogP contribution in [-0.4, -0.2) is 36.1 Å². The fraction of sp³-hybridized carbons (Fsp3) is 0.467. The molecule has 0 aliphatic carbocycles. The van der Waals surface area contributed by atoms with Gasteiger partial charge in [-0.25, -0.2) is 0 Å². The average Bonchev–Trinajstić information content (AvgIpc) is 2.45. The van der Waals surface area contributed by atoms with E-state index >= 15 is 0 Å². The van der Waals surface area contributed by atoms with Crippen LogP contribution in [0, 0.1) is 5.92 Å². The number of hydrogen-bond donors (Lipinski definition) is 3. The molecule has 20 heavy (non-hydrogen) atoms. The predicted octanol–water partition coefficient (Wildman–Crippen LogP) is 0.940. The van der Waals surface area contributed by atoms with Gasteiger partial charge >= 0.3 is 0 Å². The third-order valence-electron chi connectivity index (χ3n) is 3.02. The maximum absolute atomic E-state index is 11.7. The lowest BCUT2D eigenvalue weighted by atomic mass is 10.1. The van der Waals surface area contributed by atoms with E-state index in [4.69, 9.17) is 5.11 Å². The number of carbonyl (C=O) groups excluding carboxylic acids is 2. The molecular weight excluding hydrogens is 256 g/mol. The fourth-order valence-corrected chi connectivity index (χ4v) is 1.68. The summed E-state index contributed by atoms with van der Waals surface area (Å²) in [4.78, 5) is 23.4. The molecule has 3 N–H and O–H groups in total. The summed E-state index contributed by atoms with van der Waals surface area (Å²) < 4.78 is 0. The topological polar surface area (TPSA) is 78.4 Å². The van der Waals surface area contributed by atoms with E-state index in [9.17, 15) is 9.59 Å². The molecule has 0 aliphatic rings. The Bertz CT molecular complexity index is 432. The molecule has 0 unspecified atom stereocenters. The average molecular weight is 278 g/mol. The molecule has 0 radical (unpaired) electrons. The number of amides is 2. The highest BCUT2D eigenvalue weighted by molar-refractivity contribution is 5.94. The molecule has 1 rings (SSSR count). The SMILES string of the molecule is CC(C)[C@@H](CO)NC(=O)CCNC(=O)c1ccccc1. The highest BCUT2D eigenvalue weighted by Gasteiger charge is 2.14. The summed E-state index contributed by atoms with van der Waals surface area (Å²) in [5, 5.41) is 14.6. The second-order valence-corrected chi connectivity index (χ2v) is 4.97. The molecular formula is C15H22N2O3. The lowest BCUT2D eigenvalue weighted by Crippen LogP contribution is -2.42. The van der Waals surface area contributed by atoms with Crippen molar-refractivity contribution in [1.29, 1.82) is 0 Å². The molecule has 2 amide bonds. The van der Waals surface area contributed by atoms with Crippen LogP contribution < -0.4 is 10.6 Å². The summed E-state index contributed by atoms with van der Waals surface area (Å²) in [5.41, 5.74) is 0.573. The third kappa shape index (κ3) is 5.40.